The highest BCUT2D eigenvalue weighted by Gasteiger charge is 2.06. The van der Waals surface area contributed by atoms with Crippen molar-refractivity contribution in [2.24, 2.45) is 0 Å². The maximum atomic E-state index is 12.0. The summed E-state index contributed by atoms with van der Waals surface area (Å²) in [7, 11) is 0. The first kappa shape index (κ1) is 25.0. The van der Waals surface area contributed by atoms with E-state index in [-0.39, 0.29) is 5.97 Å². The Hall–Kier alpha value is -2.23. The molecule has 4 heteroatoms. The fraction of sp³-hybridized carbons (Fsp3) is 0.593. The minimum atomic E-state index is -0.151. The van der Waals surface area contributed by atoms with E-state index in [1.54, 1.807) is 0 Å². The van der Waals surface area contributed by atoms with Crippen molar-refractivity contribution in [2.75, 3.05) is 0 Å². The first-order valence-electron chi connectivity index (χ1n) is 12.3. The highest BCUT2D eigenvalue weighted by molar-refractivity contribution is 5.72. The molecule has 4 nitrogen and oxygen atoms in total. The molecule has 170 valence electrons. The topological polar surface area (TPSA) is 52.1 Å². The lowest BCUT2D eigenvalue weighted by atomic mass is 10.1. The Morgan fingerprint density at radius 3 is 1.97 bits per heavy atom. The van der Waals surface area contributed by atoms with Gasteiger partial charge in [-0.1, -0.05) is 78.1 Å². The van der Waals surface area contributed by atoms with E-state index in [2.05, 4.69) is 23.8 Å². The Bertz CT molecular complexity index is 726. The smallest absolute Gasteiger partial charge is 0.311 e. The number of unbranched alkanes of at least 4 members (excludes halogenated alkanes) is 10. The van der Waals surface area contributed by atoms with Gasteiger partial charge in [-0.05, 0) is 43.5 Å². The fourth-order valence-electron chi connectivity index (χ4n) is 3.65. The maximum absolute atomic E-state index is 12.0. The first-order chi connectivity index (χ1) is 15.2. The average Bonchev–Trinajstić information content (AvgIpc) is 2.79. The van der Waals surface area contributed by atoms with Gasteiger partial charge in [-0.2, -0.15) is 0 Å². The first-order valence-corrected chi connectivity index (χ1v) is 12.3. The minimum absolute atomic E-state index is 0.151. The number of nitrogens with zero attached hydrogens (tertiary/aromatic N) is 2. The Kier molecular flexibility index (Phi) is 12.6. The molecule has 0 atom stereocenters. The number of hydrogen-bond donors (Lipinski definition) is 0. The minimum Gasteiger partial charge on any atom is -0.427 e. The summed E-state index contributed by atoms with van der Waals surface area (Å²) in [5.41, 5.74) is 2.88. The molecule has 0 fully saturated rings. The van der Waals surface area contributed by atoms with Gasteiger partial charge in [0.05, 0.1) is 17.6 Å². The van der Waals surface area contributed by atoms with E-state index in [1.807, 2.05) is 36.7 Å². The number of hydrogen-bond acceptors (Lipinski definition) is 4. The summed E-state index contributed by atoms with van der Waals surface area (Å²) in [6.45, 7) is 4.45. The summed E-state index contributed by atoms with van der Waals surface area (Å²) < 4.78 is 5.46. The van der Waals surface area contributed by atoms with Crippen LogP contribution in [0.15, 0.2) is 36.7 Å². The molecule has 0 aliphatic heterocycles. The molecule has 0 amide bonds. The zero-order valence-corrected chi connectivity index (χ0v) is 19.6. The monoisotopic (exact) mass is 424 g/mol. The largest absolute Gasteiger partial charge is 0.427 e. The summed E-state index contributed by atoms with van der Waals surface area (Å²) in [6.07, 6.45) is 19.9. The number of carbonyl (C=O) groups is 1. The third-order valence-electron chi connectivity index (χ3n) is 5.61. The molecule has 1 aromatic heterocycles. The second-order valence-corrected chi connectivity index (χ2v) is 8.43. The van der Waals surface area contributed by atoms with Gasteiger partial charge in [0, 0.05) is 18.2 Å². The number of ether oxygens (including phenoxy) is 1. The number of benzene rings is 1. The van der Waals surface area contributed by atoms with Crippen LogP contribution in [0, 0.1) is 0 Å². The lowest BCUT2D eigenvalue weighted by Crippen LogP contribution is -2.07. The van der Waals surface area contributed by atoms with Crippen molar-refractivity contribution in [1.29, 1.82) is 0 Å². The van der Waals surface area contributed by atoms with Crippen LogP contribution in [0.4, 0.5) is 0 Å². The molecule has 1 aromatic carbocycles. The van der Waals surface area contributed by atoms with Crippen LogP contribution in [0.2, 0.25) is 0 Å². The van der Waals surface area contributed by atoms with Gasteiger partial charge < -0.3 is 4.74 Å². The van der Waals surface area contributed by atoms with E-state index >= 15 is 0 Å². The summed E-state index contributed by atoms with van der Waals surface area (Å²) in [4.78, 5) is 21.2. The number of aromatic nitrogens is 2. The SMILES string of the molecule is CCCCCCCCC(=O)Oc1ccc(-c2cnc(CCCCCCCC)cn2)cc1. The molecule has 0 saturated heterocycles. The molecule has 2 aromatic rings. The molecular weight excluding hydrogens is 384 g/mol. The van der Waals surface area contributed by atoms with Crippen LogP contribution in [0.1, 0.15) is 103 Å². The van der Waals surface area contributed by atoms with E-state index in [9.17, 15) is 4.79 Å². The van der Waals surface area contributed by atoms with Gasteiger partial charge in [-0.15, -0.1) is 0 Å². The van der Waals surface area contributed by atoms with Gasteiger partial charge in [-0.25, -0.2) is 0 Å². The summed E-state index contributed by atoms with van der Waals surface area (Å²) in [6, 6.07) is 7.54. The third kappa shape index (κ3) is 10.6. The van der Waals surface area contributed by atoms with Gasteiger partial charge >= 0.3 is 5.97 Å². The Morgan fingerprint density at radius 1 is 0.742 bits per heavy atom. The highest BCUT2D eigenvalue weighted by atomic mass is 16.5. The Labute approximate surface area is 188 Å². The second-order valence-electron chi connectivity index (χ2n) is 8.43. The average molecular weight is 425 g/mol. The molecule has 2 rings (SSSR count). The van der Waals surface area contributed by atoms with Gasteiger partial charge in [0.15, 0.2) is 0 Å². The predicted octanol–water partition coefficient (Wildman–Crippen LogP) is 7.70. The Balaban J connectivity index is 1.71. The van der Waals surface area contributed by atoms with Crippen LogP contribution < -0.4 is 4.74 Å². The van der Waals surface area contributed by atoms with Gasteiger partial charge in [-0.3, -0.25) is 14.8 Å². The van der Waals surface area contributed by atoms with E-state index in [0.717, 1.165) is 36.2 Å². The third-order valence-corrected chi connectivity index (χ3v) is 5.61. The van der Waals surface area contributed by atoms with Gasteiger partial charge in [0.2, 0.25) is 0 Å². The van der Waals surface area contributed by atoms with Gasteiger partial charge in [0.1, 0.15) is 5.75 Å². The van der Waals surface area contributed by atoms with E-state index in [0.29, 0.717) is 12.2 Å². The number of aryl methyl sites for hydroxylation is 1. The molecule has 0 aliphatic carbocycles. The summed E-state index contributed by atoms with van der Waals surface area (Å²) >= 11 is 0. The molecule has 0 aliphatic rings. The molecule has 1 heterocycles. The van der Waals surface area contributed by atoms with E-state index in [4.69, 9.17) is 4.74 Å². The maximum Gasteiger partial charge on any atom is 0.311 e. The molecule has 31 heavy (non-hydrogen) atoms. The van der Waals surface area contributed by atoms with Crippen LogP contribution in [-0.2, 0) is 11.2 Å². The summed E-state index contributed by atoms with van der Waals surface area (Å²) in [5, 5.41) is 0. The number of carbonyl (C=O) groups excluding carboxylic acids is 1. The van der Waals surface area contributed by atoms with Crippen molar-refractivity contribution in [3.63, 3.8) is 0 Å². The van der Waals surface area contributed by atoms with Crippen molar-refractivity contribution >= 4 is 5.97 Å². The highest BCUT2D eigenvalue weighted by Crippen LogP contribution is 2.21. The van der Waals surface area contributed by atoms with Crippen molar-refractivity contribution in [1.82, 2.24) is 9.97 Å². The lowest BCUT2D eigenvalue weighted by Gasteiger charge is -2.06. The molecule has 0 bridgehead atoms. The van der Waals surface area contributed by atoms with Crippen LogP contribution in [0.25, 0.3) is 11.3 Å². The van der Waals surface area contributed by atoms with Crippen LogP contribution in [0.5, 0.6) is 5.75 Å². The molecule has 0 radical (unpaired) electrons. The second kappa shape index (κ2) is 15.6. The lowest BCUT2D eigenvalue weighted by molar-refractivity contribution is -0.134. The van der Waals surface area contributed by atoms with Crippen molar-refractivity contribution in [2.45, 2.75) is 104 Å². The van der Waals surface area contributed by atoms with Crippen molar-refractivity contribution in [3.05, 3.63) is 42.4 Å². The fourth-order valence-corrected chi connectivity index (χ4v) is 3.65. The van der Waals surface area contributed by atoms with Crippen LogP contribution in [-0.4, -0.2) is 15.9 Å². The zero-order valence-electron chi connectivity index (χ0n) is 19.6. The summed E-state index contributed by atoms with van der Waals surface area (Å²) in [5.74, 6) is 0.439. The normalized spacial score (nSPS) is 10.9. The molecular formula is C27H40N2O2. The van der Waals surface area contributed by atoms with E-state index in [1.165, 1.54) is 64.2 Å². The van der Waals surface area contributed by atoms with Crippen molar-refractivity contribution in [3.8, 4) is 17.0 Å². The van der Waals surface area contributed by atoms with E-state index < -0.39 is 0 Å². The van der Waals surface area contributed by atoms with Gasteiger partial charge in [0.25, 0.3) is 0 Å². The van der Waals surface area contributed by atoms with Crippen LogP contribution >= 0.6 is 0 Å². The molecule has 0 spiro atoms. The molecule has 0 saturated carbocycles. The van der Waals surface area contributed by atoms with Crippen LogP contribution in [0.3, 0.4) is 0 Å². The Morgan fingerprint density at radius 2 is 1.35 bits per heavy atom. The molecule has 0 N–H and O–H groups in total. The number of esters is 1. The zero-order chi connectivity index (χ0) is 22.2. The quantitative estimate of drug-likeness (QED) is 0.157. The van der Waals surface area contributed by atoms with Crippen molar-refractivity contribution < 1.29 is 9.53 Å². The molecule has 0 unspecified atom stereocenters. The predicted molar refractivity (Wildman–Crippen MR) is 128 cm³/mol. The number of rotatable bonds is 16. The standard InChI is InChI=1S/C27H40N2O2/c1-3-5-7-9-11-13-15-24-21-29-26(22-28-24)23-17-19-25(20-18-23)31-27(30)16-14-12-10-8-6-4-2/h17-22H,3-16H2,1-2H3.